The first-order chi connectivity index (χ1) is 6.97. The molecule has 0 radical (unpaired) electrons. The van der Waals surface area contributed by atoms with Crippen molar-refractivity contribution >= 4 is 12.6 Å². The Morgan fingerprint density at radius 3 is 2.33 bits per heavy atom. The maximum atomic E-state index is 13.1. The van der Waals surface area contributed by atoms with Crippen LogP contribution < -0.4 is 10.2 Å². The predicted octanol–water partition coefficient (Wildman–Crippen LogP) is 0.452. The first-order valence-electron chi connectivity index (χ1n) is 3.99. The third-order valence-electron chi connectivity index (χ3n) is 1.85. The van der Waals surface area contributed by atoms with Gasteiger partial charge in [-0.3, -0.25) is 0 Å². The minimum absolute atomic E-state index is 0.242. The average Bonchev–Trinajstić information content (AvgIpc) is 2.15. The molecule has 0 spiro atoms. The summed E-state index contributed by atoms with van der Waals surface area (Å²) in [5.74, 6) is -1.64. The number of methoxy groups -OCH3 is 1. The van der Waals surface area contributed by atoms with Crippen LogP contribution in [0.15, 0.2) is 12.1 Å². The van der Waals surface area contributed by atoms with Gasteiger partial charge in [-0.25, -0.2) is 13.2 Å². The fourth-order valence-electron chi connectivity index (χ4n) is 1.14. The predicted molar refractivity (Wildman–Crippen MR) is 47.7 cm³/mol. The number of hydrogen-bond donors (Lipinski definition) is 2. The molecule has 1 rings (SSSR count). The molecule has 0 aromatic heterocycles. The van der Waals surface area contributed by atoms with E-state index in [1.807, 2.05) is 0 Å². The molecule has 0 saturated carbocycles. The first-order valence-corrected chi connectivity index (χ1v) is 3.99. The van der Waals surface area contributed by atoms with Crippen LogP contribution in [-0.2, 0) is 0 Å². The third kappa shape index (κ3) is 2.43. The Labute approximate surface area is 84.3 Å². The second-order valence-electron chi connectivity index (χ2n) is 2.79. The van der Waals surface area contributed by atoms with Gasteiger partial charge in [-0.2, -0.15) is 0 Å². The highest BCUT2D eigenvalue weighted by atomic mass is 19.3. The number of rotatable bonds is 3. The highest BCUT2D eigenvalue weighted by molar-refractivity contribution is 6.58. The van der Waals surface area contributed by atoms with Gasteiger partial charge in [-0.05, 0) is 17.6 Å². The molecule has 15 heavy (non-hydrogen) atoms. The van der Waals surface area contributed by atoms with Crippen LogP contribution in [0.4, 0.5) is 13.2 Å². The van der Waals surface area contributed by atoms with E-state index < -0.39 is 30.7 Å². The number of hydrogen-bond acceptors (Lipinski definition) is 3. The molecule has 1 aromatic carbocycles. The van der Waals surface area contributed by atoms with Gasteiger partial charge < -0.3 is 14.8 Å². The molecule has 82 valence electrons. The maximum absolute atomic E-state index is 13.1. The second-order valence-corrected chi connectivity index (χ2v) is 2.79. The van der Waals surface area contributed by atoms with Crippen LogP contribution in [0.1, 0.15) is 12.0 Å². The fraction of sp³-hybridized carbons (Fsp3) is 0.250. The normalized spacial score (nSPS) is 10.6. The molecule has 0 aliphatic heterocycles. The Bertz CT molecular complexity index is 357. The van der Waals surface area contributed by atoms with Crippen molar-refractivity contribution in [3.05, 3.63) is 23.5 Å². The molecule has 0 unspecified atom stereocenters. The van der Waals surface area contributed by atoms with Gasteiger partial charge in [-0.15, -0.1) is 0 Å². The summed E-state index contributed by atoms with van der Waals surface area (Å²) < 4.78 is 42.4. The second kappa shape index (κ2) is 4.54. The molecule has 7 heteroatoms. The van der Waals surface area contributed by atoms with E-state index in [0.717, 1.165) is 13.2 Å². The molecule has 0 amide bonds. The van der Waals surface area contributed by atoms with Gasteiger partial charge in [0, 0.05) is 0 Å². The standard InChI is InChI=1S/C8H8BF3O3/c1-15-6-3-4(9(13)14)2-5(10)7(6)8(11)12/h2-3,8,13-14H,1H3. The Kier molecular flexibility index (Phi) is 3.59. The fourth-order valence-corrected chi connectivity index (χ4v) is 1.14. The van der Waals surface area contributed by atoms with Crippen molar-refractivity contribution in [1.82, 2.24) is 0 Å². The highest BCUT2D eigenvalue weighted by Gasteiger charge is 2.23. The molecule has 0 heterocycles. The molecule has 0 aliphatic carbocycles. The minimum Gasteiger partial charge on any atom is -0.496 e. The monoisotopic (exact) mass is 220 g/mol. The number of halogens is 3. The Morgan fingerprint density at radius 2 is 1.93 bits per heavy atom. The van der Waals surface area contributed by atoms with Crippen LogP contribution in [0, 0.1) is 5.82 Å². The molecular weight excluding hydrogens is 212 g/mol. The SMILES string of the molecule is COc1cc(B(O)O)cc(F)c1C(F)F. The van der Waals surface area contributed by atoms with Crippen molar-refractivity contribution in [3.8, 4) is 5.75 Å². The lowest BCUT2D eigenvalue weighted by Gasteiger charge is -2.10. The van der Waals surface area contributed by atoms with E-state index in [2.05, 4.69) is 4.74 Å². The summed E-state index contributed by atoms with van der Waals surface area (Å²) in [6, 6.07) is 1.59. The lowest BCUT2D eigenvalue weighted by Crippen LogP contribution is -2.30. The summed E-state index contributed by atoms with van der Waals surface area (Å²) >= 11 is 0. The molecular formula is C8H8BF3O3. The largest absolute Gasteiger partial charge is 0.496 e. The van der Waals surface area contributed by atoms with Gasteiger partial charge in [0.15, 0.2) is 0 Å². The van der Waals surface area contributed by atoms with Crippen LogP contribution in [-0.4, -0.2) is 24.3 Å². The summed E-state index contributed by atoms with van der Waals surface area (Å²) in [7, 11) is -0.839. The van der Waals surface area contributed by atoms with Crippen LogP contribution >= 0.6 is 0 Å². The highest BCUT2D eigenvalue weighted by Crippen LogP contribution is 2.30. The van der Waals surface area contributed by atoms with Gasteiger partial charge in [0.05, 0.1) is 12.7 Å². The summed E-state index contributed by atoms with van der Waals surface area (Å²) in [6.45, 7) is 0. The lowest BCUT2D eigenvalue weighted by atomic mass is 9.79. The maximum Gasteiger partial charge on any atom is 0.488 e. The quantitative estimate of drug-likeness (QED) is 0.727. The lowest BCUT2D eigenvalue weighted by molar-refractivity contribution is 0.142. The molecule has 0 aliphatic rings. The number of benzene rings is 1. The van der Waals surface area contributed by atoms with E-state index in [1.54, 1.807) is 0 Å². The number of alkyl halides is 2. The van der Waals surface area contributed by atoms with E-state index in [4.69, 9.17) is 10.0 Å². The van der Waals surface area contributed by atoms with Crippen LogP contribution in [0.25, 0.3) is 0 Å². The van der Waals surface area contributed by atoms with E-state index in [-0.39, 0.29) is 5.46 Å². The molecule has 0 fully saturated rings. The Hall–Kier alpha value is -1.21. The average molecular weight is 220 g/mol. The molecule has 1 aromatic rings. The summed E-state index contributed by atoms with van der Waals surface area (Å²) in [5.41, 5.74) is -1.13. The van der Waals surface area contributed by atoms with Gasteiger partial charge in [0.2, 0.25) is 0 Å². The Morgan fingerprint density at radius 1 is 1.33 bits per heavy atom. The van der Waals surface area contributed by atoms with Crippen molar-refractivity contribution in [2.45, 2.75) is 6.43 Å². The van der Waals surface area contributed by atoms with Gasteiger partial charge in [-0.1, -0.05) is 0 Å². The van der Waals surface area contributed by atoms with Crippen molar-refractivity contribution in [2.75, 3.05) is 7.11 Å². The van der Waals surface area contributed by atoms with Gasteiger partial charge in [0.25, 0.3) is 6.43 Å². The third-order valence-corrected chi connectivity index (χ3v) is 1.85. The minimum atomic E-state index is -3.02. The van der Waals surface area contributed by atoms with Crippen molar-refractivity contribution in [2.24, 2.45) is 0 Å². The number of ether oxygens (including phenoxy) is 1. The molecule has 3 nitrogen and oxygen atoms in total. The molecule has 0 bridgehead atoms. The van der Waals surface area contributed by atoms with Crippen molar-refractivity contribution < 1.29 is 28.0 Å². The van der Waals surface area contributed by atoms with E-state index >= 15 is 0 Å². The zero-order chi connectivity index (χ0) is 11.6. The molecule has 0 saturated heterocycles. The van der Waals surface area contributed by atoms with E-state index in [0.29, 0.717) is 6.07 Å². The molecule has 2 N–H and O–H groups in total. The van der Waals surface area contributed by atoms with E-state index in [1.165, 1.54) is 0 Å². The first kappa shape index (κ1) is 11.9. The van der Waals surface area contributed by atoms with Gasteiger partial charge in [0.1, 0.15) is 11.6 Å². The van der Waals surface area contributed by atoms with Crippen molar-refractivity contribution in [1.29, 1.82) is 0 Å². The van der Waals surface area contributed by atoms with Gasteiger partial charge >= 0.3 is 7.12 Å². The van der Waals surface area contributed by atoms with Crippen LogP contribution in [0.2, 0.25) is 0 Å². The van der Waals surface area contributed by atoms with Crippen LogP contribution in [0.5, 0.6) is 5.75 Å². The summed E-state index contributed by atoms with van der Waals surface area (Å²) in [5, 5.41) is 17.5. The smallest absolute Gasteiger partial charge is 0.488 e. The Balaban J connectivity index is 3.31. The van der Waals surface area contributed by atoms with Crippen LogP contribution in [0.3, 0.4) is 0 Å². The van der Waals surface area contributed by atoms with Crippen molar-refractivity contribution in [3.63, 3.8) is 0 Å². The zero-order valence-corrected chi connectivity index (χ0v) is 7.75. The zero-order valence-electron chi connectivity index (χ0n) is 7.75. The summed E-state index contributed by atoms with van der Waals surface area (Å²) in [6.07, 6.45) is -3.02. The summed E-state index contributed by atoms with van der Waals surface area (Å²) in [4.78, 5) is 0. The topological polar surface area (TPSA) is 49.7 Å². The van der Waals surface area contributed by atoms with E-state index in [9.17, 15) is 13.2 Å². The molecule has 0 atom stereocenters.